The number of hydrogen-bond donors (Lipinski definition) is 3. The Labute approximate surface area is 135 Å². The van der Waals surface area contributed by atoms with Gasteiger partial charge in [-0.3, -0.25) is 10.5 Å². The molecular formula is C15H15BrFN3O2. The second-order valence-electron chi connectivity index (χ2n) is 4.51. The fourth-order valence-corrected chi connectivity index (χ4v) is 2.16. The third kappa shape index (κ3) is 4.60. The van der Waals surface area contributed by atoms with Crippen molar-refractivity contribution < 1.29 is 13.9 Å². The Morgan fingerprint density at radius 3 is 2.50 bits per heavy atom. The van der Waals surface area contributed by atoms with Gasteiger partial charge in [-0.05, 0) is 35.9 Å². The third-order valence-electron chi connectivity index (χ3n) is 2.85. The van der Waals surface area contributed by atoms with Gasteiger partial charge in [-0.1, -0.05) is 34.1 Å². The van der Waals surface area contributed by atoms with Crippen LogP contribution in [0.25, 0.3) is 0 Å². The molecule has 5 N–H and O–H groups in total. The topological polar surface area (TPSA) is 90.4 Å². The summed E-state index contributed by atoms with van der Waals surface area (Å²) in [7, 11) is 0. The van der Waals surface area contributed by atoms with Crippen LogP contribution in [0.15, 0.2) is 53.0 Å². The number of rotatable bonds is 5. The van der Waals surface area contributed by atoms with Crippen molar-refractivity contribution in [2.75, 3.05) is 0 Å². The van der Waals surface area contributed by atoms with E-state index in [9.17, 15) is 9.18 Å². The lowest BCUT2D eigenvalue weighted by Crippen LogP contribution is -2.45. The van der Waals surface area contributed by atoms with Gasteiger partial charge in [-0.2, -0.15) is 0 Å². The van der Waals surface area contributed by atoms with Crippen LogP contribution in [0.1, 0.15) is 22.1 Å². The van der Waals surface area contributed by atoms with Crippen LogP contribution in [0, 0.1) is 5.82 Å². The van der Waals surface area contributed by atoms with Gasteiger partial charge in [-0.15, -0.1) is 0 Å². The van der Waals surface area contributed by atoms with Crippen molar-refractivity contribution in [3.05, 3.63) is 69.9 Å². The summed E-state index contributed by atoms with van der Waals surface area (Å²) in [4.78, 5) is 12.0. The Bertz CT molecular complexity index is 651. The molecule has 0 aromatic heterocycles. The first kappa shape index (κ1) is 16.6. The monoisotopic (exact) mass is 367 g/mol. The molecule has 22 heavy (non-hydrogen) atoms. The molecule has 0 saturated carbocycles. The molecule has 2 atom stereocenters. The van der Waals surface area contributed by atoms with Crippen LogP contribution in [-0.2, 0) is 4.74 Å². The van der Waals surface area contributed by atoms with E-state index in [0.717, 1.165) is 4.47 Å². The van der Waals surface area contributed by atoms with Crippen LogP contribution >= 0.6 is 15.9 Å². The van der Waals surface area contributed by atoms with Crippen LogP contribution in [0.3, 0.4) is 0 Å². The molecule has 2 aromatic carbocycles. The Balaban J connectivity index is 1.93. The Morgan fingerprint density at radius 2 is 1.86 bits per heavy atom. The predicted octanol–water partition coefficient (Wildman–Crippen LogP) is 2.23. The highest BCUT2D eigenvalue weighted by Gasteiger charge is 2.15. The van der Waals surface area contributed by atoms with Crippen LogP contribution in [0.2, 0.25) is 0 Å². The first-order valence-corrected chi connectivity index (χ1v) is 7.23. The molecule has 0 aliphatic rings. The summed E-state index contributed by atoms with van der Waals surface area (Å²) in [6.45, 7) is 0. The summed E-state index contributed by atoms with van der Waals surface area (Å²) >= 11 is 3.28. The second kappa shape index (κ2) is 7.46. The SMILES string of the molecule is NC(NC(=O)c1cccc(Br)c1)OC(N)c1ccc(F)cc1. The van der Waals surface area contributed by atoms with Crippen LogP contribution < -0.4 is 16.8 Å². The van der Waals surface area contributed by atoms with Crippen molar-refractivity contribution >= 4 is 21.8 Å². The van der Waals surface area contributed by atoms with Gasteiger partial charge >= 0.3 is 0 Å². The average Bonchev–Trinajstić information content (AvgIpc) is 2.47. The van der Waals surface area contributed by atoms with E-state index in [2.05, 4.69) is 21.2 Å². The molecule has 2 rings (SSSR count). The minimum Gasteiger partial charge on any atom is -0.323 e. The predicted molar refractivity (Wildman–Crippen MR) is 84.0 cm³/mol. The molecule has 0 radical (unpaired) electrons. The van der Waals surface area contributed by atoms with E-state index in [4.69, 9.17) is 16.2 Å². The van der Waals surface area contributed by atoms with Gasteiger partial charge < -0.3 is 15.8 Å². The molecule has 116 valence electrons. The summed E-state index contributed by atoms with van der Waals surface area (Å²) in [6.07, 6.45) is -1.97. The highest BCUT2D eigenvalue weighted by Crippen LogP contribution is 2.14. The van der Waals surface area contributed by atoms with Gasteiger partial charge in [-0.25, -0.2) is 4.39 Å². The van der Waals surface area contributed by atoms with E-state index in [-0.39, 0.29) is 11.7 Å². The molecule has 5 nitrogen and oxygen atoms in total. The van der Waals surface area contributed by atoms with Gasteiger partial charge in [0.05, 0.1) is 0 Å². The maximum atomic E-state index is 12.8. The number of nitrogens with two attached hydrogens (primary N) is 2. The molecule has 2 aromatic rings. The Morgan fingerprint density at radius 1 is 1.18 bits per heavy atom. The first-order chi connectivity index (χ1) is 10.5. The minimum absolute atomic E-state index is 0.372. The summed E-state index contributed by atoms with van der Waals surface area (Å²) in [6, 6.07) is 12.3. The molecule has 0 bridgehead atoms. The van der Waals surface area contributed by atoms with Crippen molar-refractivity contribution in [1.29, 1.82) is 0 Å². The molecule has 1 amide bonds. The minimum atomic E-state index is -1.09. The maximum absolute atomic E-state index is 12.8. The normalized spacial score (nSPS) is 13.5. The van der Waals surface area contributed by atoms with Crippen LogP contribution in [0.5, 0.6) is 0 Å². The lowest BCUT2D eigenvalue weighted by atomic mass is 10.2. The number of halogens is 2. The molecule has 7 heteroatoms. The zero-order valence-corrected chi connectivity index (χ0v) is 13.1. The van der Waals surface area contributed by atoms with Crippen LogP contribution in [0.4, 0.5) is 4.39 Å². The third-order valence-corrected chi connectivity index (χ3v) is 3.35. The highest BCUT2D eigenvalue weighted by atomic mass is 79.9. The molecule has 2 unspecified atom stereocenters. The van der Waals surface area contributed by atoms with Crippen molar-refractivity contribution in [3.8, 4) is 0 Å². The number of benzene rings is 2. The van der Waals surface area contributed by atoms with E-state index in [0.29, 0.717) is 11.1 Å². The summed E-state index contributed by atoms with van der Waals surface area (Å²) < 4.78 is 18.9. The Kier molecular flexibility index (Phi) is 5.62. The molecule has 0 spiro atoms. The van der Waals surface area contributed by atoms with E-state index >= 15 is 0 Å². The maximum Gasteiger partial charge on any atom is 0.254 e. The van der Waals surface area contributed by atoms with E-state index < -0.39 is 12.6 Å². The largest absolute Gasteiger partial charge is 0.323 e. The highest BCUT2D eigenvalue weighted by molar-refractivity contribution is 9.10. The standard InChI is InChI=1S/C15H15BrFN3O2/c16-11-3-1-2-10(8-11)14(21)20-15(19)22-13(18)9-4-6-12(17)7-5-9/h1-8,13,15H,18-19H2,(H,20,21). The molecule has 0 heterocycles. The van der Waals surface area contributed by atoms with E-state index in [1.807, 2.05) is 0 Å². The van der Waals surface area contributed by atoms with Gasteiger partial charge in [0, 0.05) is 10.0 Å². The number of ether oxygens (including phenoxy) is 1. The molecule has 0 aliphatic carbocycles. The summed E-state index contributed by atoms with van der Waals surface area (Å²) in [5, 5.41) is 2.48. The second-order valence-corrected chi connectivity index (χ2v) is 5.43. The number of hydrogen-bond acceptors (Lipinski definition) is 4. The summed E-state index contributed by atoms with van der Waals surface area (Å²) in [5.74, 6) is -0.761. The zero-order valence-electron chi connectivity index (χ0n) is 11.5. The van der Waals surface area contributed by atoms with Gasteiger partial charge in [0.2, 0.25) is 0 Å². The first-order valence-electron chi connectivity index (χ1n) is 6.44. The van der Waals surface area contributed by atoms with Crippen molar-refractivity contribution in [3.63, 3.8) is 0 Å². The summed E-state index contributed by atoms with van der Waals surface area (Å²) in [5.41, 5.74) is 12.5. The molecule has 0 fully saturated rings. The number of carbonyl (C=O) groups is 1. The average molecular weight is 368 g/mol. The number of carbonyl (C=O) groups excluding carboxylic acids is 1. The lowest BCUT2D eigenvalue weighted by Gasteiger charge is -2.20. The van der Waals surface area contributed by atoms with Crippen molar-refractivity contribution in [1.82, 2.24) is 5.32 Å². The van der Waals surface area contributed by atoms with E-state index in [1.54, 1.807) is 24.3 Å². The van der Waals surface area contributed by atoms with E-state index in [1.165, 1.54) is 24.3 Å². The van der Waals surface area contributed by atoms with Crippen LogP contribution in [-0.4, -0.2) is 12.3 Å². The molecule has 0 saturated heterocycles. The van der Waals surface area contributed by atoms with Crippen molar-refractivity contribution in [2.45, 2.75) is 12.6 Å². The zero-order chi connectivity index (χ0) is 16.1. The van der Waals surface area contributed by atoms with Gasteiger partial charge in [0.15, 0.2) is 6.35 Å². The number of amides is 1. The van der Waals surface area contributed by atoms with Gasteiger partial charge in [0.1, 0.15) is 12.0 Å². The fourth-order valence-electron chi connectivity index (χ4n) is 1.77. The number of nitrogens with one attached hydrogen (secondary N) is 1. The quantitative estimate of drug-likeness (QED) is 0.706. The smallest absolute Gasteiger partial charge is 0.254 e. The lowest BCUT2D eigenvalue weighted by molar-refractivity contribution is -0.0216. The van der Waals surface area contributed by atoms with Gasteiger partial charge in [0.25, 0.3) is 5.91 Å². The molecule has 0 aliphatic heterocycles. The molecular weight excluding hydrogens is 353 g/mol. The fraction of sp³-hybridized carbons (Fsp3) is 0.133. The Hall–Kier alpha value is -1.80. The van der Waals surface area contributed by atoms with Crippen molar-refractivity contribution in [2.24, 2.45) is 11.5 Å².